The zero-order valence-electron chi connectivity index (χ0n) is 11.9. The number of nitrogens with one attached hydrogen (secondary N) is 1. The van der Waals surface area contributed by atoms with Gasteiger partial charge in [-0.3, -0.25) is 4.79 Å². The van der Waals surface area contributed by atoms with Crippen LogP contribution in [0.3, 0.4) is 0 Å². The number of hydrogen-bond acceptors (Lipinski definition) is 2. The van der Waals surface area contributed by atoms with Crippen molar-refractivity contribution in [2.75, 3.05) is 0 Å². The number of aliphatic hydroxyl groups is 1. The lowest BCUT2D eigenvalue weighted by atomic mass is 10.0. The molecular weight excluding hydrogens is 262 g/mol. The van der Waals surface area contributed by atoms with E-state index >= 15 is 0 Å². The monoisotopic (exact) mass is 281 g/mol. The van der Waals surface area contributed by atoms with Crippen LogP contribution in [0.2, 0.25) is 0 Å². The molecule has 3 heteroatoms. The average molecular weight is 281 g/mol. The van der Waals surface area contributed by atoms with Gasteiger partial charge in [-0.2, -0.15) is 0 Å². The van der Waals surface area contributed by atoms with Crippen LogP contribution in [-0.2, 0) is 4.79 Å². The maximum absolute atomic E-state index is 11.9. The highest BCUT2D eigenvalue weighted by atomic mass is 16.3. The zero-order chi connectivity index (χ0) is 15.1. The Morgan fingerprint density at radius 2 is 1.62 bits per heavy atom. The van der Waals surface area contributed by atoms with Crippen LogP contribution in [0.1, 0.15) is 24.2 Å². The van der Waals surface area contributed by atoms with Crippen LogP contribution in [-0.4, -0.2) is 17.1 Å². The Labute approximate surface area is 124 Å². The highest BCUT2D eigenvalue weighted by molar-refractivity contribution is 5.91. The van der Waals surface area contributed by atoms with E-state index in [4.69, 9.17) is 0 Å². The van der Waals surface area contributed by atoms with E-state index in [9.17, 15) is 9.90 Å². The first-order chi connectivity index (χ1) is 10.2. The molecule has 0 heterocycles. The number of hydrogen-bond donors (Lipinski definition) is 2. The fourth-order valence-electron chi connectivity index (χ4n) is 2.03. The normalized spacial score (nSPS) is 13.8. The first kappa shape index (κ1) is 15.0. The summed E-state index contributed by atoms with van der Waals surface area (Å²) in [5, 5.41) is 13.0. The smallest absolute Gasteiger partial charge is 0.244 e. The molecule has 2 N–H and O–H groups in total. The summed E-state index contributed by atoms with van der Waals surface area (Å²) in [5.41, 5.74) is 1.75. The van der Waals surface area contributed by atoms with E-state index in [0.717, 1.165) is 11.1 Å². The Hall–Kier alpha value is -2.39. The van der Waals surface area contributed by atoms with Crippen molar-refractivity contribution in [2.24, 2.45) is 0 Å². The molecule has 0 saturated heterocycles. The molecule has 2 atom stereocenters. The SMILES string of the molecule is C[C@@H](NC(=O)/C=C/c1ccccc1)[C@@H](O)c1ccccc1. The summed E-state index contributed by atoms with van der Waals surface area (Å²) in [6.07, 6.45) is 2.50. The maximum Gasteiger partial charge on any atom is 0.244 e. The molecule has 0 fully saturated rings. The molecule has 108 valence electrons. The lowest BCUT2D eigenvalue weighted by molar-refractivity contribution is -0.117. The van der Waals surface area contributed by atoms with Crippen molar-refractivity contribution in [3.8, 4) is 0 Å². The molecule has 0 aromatic heterocycles. The summed E-state index contributed by atoms with van der Waals surface area (Å²) < 4.78 is 0. The molecule has 2 rings (SSSR count). The maximum atomic E-state index is 11.9. The van der Waals surface area contributed by atoms with Gasteiger partial charge in [0.2, 0.25) is 5.91 Å². The molecule has 1 amide bonds. The number of aliphatic hydroxyl groups excluding tert-OH is 1. The molecule has 0 aliphatic rings. The number of benzene rings is 2. The third-order valence-electron chi connectivity index (χ3n) is 3.21. The van der Waals surface area contributed by atoms with Gasteiger partial charge >= 0.3 is 0 Å². The van der Waals surface area contributed by atoms with E-state index in [1.165, 1.54) is 6.08 Å². The molecule has 0 bridgehead atoms. The van der Waals surface area contributed by atoms with E-state index in [0.29, 0.717) is 0 Å². The highest BCUT2D eigenvalue weighted by Gasteiger charge is 2.16. The summed E-state index contributed by atoms with van der Waals surface area (Å²) >= 11 is 0. The van der Waals surface area contributed by atoms with Crippen LogP contribution >= 0.6 is 0 Å². The van der Waals surface area contributed by atoms with Crippen molar-refractivity contribution >= 4 is 12.0 Å². The number of amides is 1. The third-order valence-corrected chi connectivity index (χ3v) is 3.21. The van der Waals surface area contributed by atoms with Crippen LogP contribution < -0.4 is 5.32 Å². The van der Waals surface area contributed by atoms with E-state index in [1.54, 1.807) is 13.0 Å². The lowest BCUT2D eigenvalue weighted by Gasteiger charge is -2.19. The first-order valence-electron chi connectivity index (χ1n) is 6.93. The quantitative estimate of drug-likeness (QED) is 0.828. The fraction of sp³-hybridized carbons (Fsp3) is 0.167. The lowest BCUT2D eigenvalue weighted by Crippen LogP contribution is -2.36. The Morgan fingerprint density at radius 1 is 1.05 bits per heavy atom. The number of carbonyl (C=O) groups excluding carboxylic acids is 1. The predicted molar refractivity (Wildman–Crippen MR) is 84.5 cm³/mol. The van der Waals surface area contributed by atoms with E-state index in [2.05, 4.69) is 5.32 Å². The third kappa shape index (κ3) is 4.58. The fourth-order valence-corrected chi connectivity index (χ4v) is 2.03. The molecule has 0 saturated carbocycles. The van der Waals surface area contributed by atoms with Gasteiger partial charge in [-0.15, -0.1) is 0 Å². The molecule has 0 radical (unpaired) electrons. The van der Waals surface area contributed by atoms with Crippen LogP contribution in [0.15, 0.2) is 66.7 Å². The van der Waals surface area contributed by atoms with Gasteiger partial charge in [0.05, 0.1) is 12.1 Å². The molecule has 2 aromatic carbocycles. The van der Waals surface area contributed by atoms with Gasteiger partial charge in [0.15, 0.2) is 0 Å². The van der Waals surface area contributed by atoms with Crippen molar-refractivity contribution in [1.82, 2.24) is 5.32 Å². The summed E-state index contributed by atoms with van der Waals surface area (Å²) in [4.78, 5) is 11.9. The summed E-state index contributed by atoms with van der Waals surface area (Å²) in [6.45, 7) is 1.78. The summed E-state index contributed by atoms with van der Waals surface area (Å²) in [6, 6.07) is 18.5. The van der Waals surface area contributed by atoms with Crippen molar-refractivity contribution in [1.29, 1.82) is 0 Å². The summed E-state index contributed by atoms with van der Waals surface area (Å²) in [7, 11) is 0. The second-order valence-electron chi connectivity index (χ2n) is 4.90. The Bertz CT molecular complexity index is 593. The topological polar surface area (TPSA) is 49.3 Å². The van der Waals surface area contributed by atoms with Crippen LogP contribution in [0.5, 0.6) is 0 Å². The number of carbonyl (C=O) groups is 1. The van der Waals surface area contributed by atoms with Gasteiger partial charge in [-0.1, -0.05) is 60.7 Å². The van der Waals surface area contributed by atoms with Crippen LogP contribution in [0.25, 0.3) is 6.08 Å². The van der Waals surface area contributed by atoms with Gasteiger partial charge < -0.3 is 10.4 Å². The first-order valence-corrected chi connectivity index (χ1v) is 6.93. The van der Waals surface area contributed by atoms with Gasteiger partial charge in [-0.05, 0) is 24.1 Å². The van der Waals surface area contributed by atoms with Crippen LogP contribution in [0, 0.1) is 0 Å². The Morgan fingerprint density at radius 3 is 2.24 bits per heavy atom. The second-order valence-corrected chi connectivity index (χ2v) is 4.90. The molecule has 2 aromatic rings. The number of rotatable bonds is 5. The van der Waals surface area contributed by atoms with Gasteiger partial charge in [0.1, 0.15) is 0 Å². The summed E-state index contributed by atoms with van der Waals surface area (Å²) in [5.74, 6) is -0.221. The van der Waals surface area contributed by atoms with Crippen molar-refractivity contribution in [3.63, 3.8) is 0 Å². The minimum atomic E-state index is -0.722. The predicted octanol–water partition coefficient (Wildman–Crippen LogP) is 2.94. The molecule has 0 aliphatic carbocycles. The van der Waals surface area contributed by atoms with E-state index < -0.39 is 6.10 Å². The molecular formula is C18H19NO2. The highest BCUT2D eigenvalue weighted by Crippen LogP contribution is 2.15. The minimum absolute atomic E-state index is 0.221. The van der Waals surface area contributed by atoms with Crippen molar-refractivity contribution in [3.05, 3.63) is 77.9 Å². The molecule has 0 unspecified atom stereocenters. The van der Waals surface area contributed by atoms with Gasteiger partial charge in [-0.25, -0.2) is 0 Å². The molecule has 0 aliphatic heterocycles. The largest absolute Gasteiger partial charge is 0.386 e. The average Bonchev–Trinajstić information content (AvgIpc) is 2.54. The van der Waals surface area contributed by atoms with Gasteiger partial charge in [0, 0.05) is 6.08 Å². The second kappa shape index (κ2) is 7.41. The molecule has 3 nitrogen and oxygen atoms in total. The minimum Gasteiger partial charge on any atom is -0.386 e. The van der Waals surface area contributed by atoms with Crippen LogP contribution in [0.4, 0.5) is 0 Å². The van der Waals surface area contributed by atoms with Gasteiger partial charge in [0.25, 0.3) is 0 Å². The molecule has 21 heavy (non-hydrogen) atoms. The van der Waals surface area contributed by atoms with Crippen molar-refractivity contribution < 1.29 is 9.90 Å². The molecule has 0 spiro atoms. The van der Waals surface area contributed by atoms with E-state index in [1.807, 2.05) is 60.7 Å². The zero-order valence-corrected chi connectivity index (χ0v) is 11.9. The Balaban J connectivity index is 1.92. The van der Waals surface area contributed by atoms with E-state index in [-0.39, 0.29) is 11.9 Å². The Kier molecular flexibility index (Phi) is 5.29. The van der Waals surface area contributed by atoms with Crippen molar-refractivity contribution in [2.45, 2.75) is 19.1 Å². The standard InChI is InChI=1S/C18H19NO2/c1-14(18(21)16-10-6-3-7-11-16)19-17(20)13-12-15-8-4-2-5-9-15/h2-14,18,21H,1H3,(H,19,20)/b13-12+/t14-,18-/m1/s1.